The highest BCUT2D eigenvalue weighted by Crippen LogP contribution is 2.40. The molecule has 0 bridgehead atoms. The van der Waals surface area contributed by atoms with Crippen LogP contribution in [0.4, 0.5) is 56.9 Å². The van der Waals surface area contributed by atoms with Crippen molar-refractivity contribution in [3.8, 4) is 11.1 Å². The molecule has 0 aliphatic heterocycles. The summed E-state index contributed by atoms with van der Waals surface area (Å²) in [6.07, 6.45) is 31.5. The summed E-state index contributed by atoms with van der Waals surface area (Å²) in [4.78, 5) is 23.4. The molecular formula is C64H48N6. The molecule has 6 aromatic rings. The average Bonchev–Trinajstić information content (AvgIpc) is 4.22. The molecule has 6 nitrogen and oxygen atoms in total. The summed E-state index contributed by atoms with van der Waals surface area (Å²) in [7, 11) is 0. The third-order valence-electron chi connectivity index (χ3n) is 12.2. The van der Waals surface area contributed by atoms with Crippen LogP contribution in [0.5, 0.6) is 0 Å². The first-order chi connectivity index (χ1) is 34.3. The molecule has 0 radical (unpaired) electrons. The standard InChI is InChI=1S/C64H48N6/c1-45-9-5-13-51(45)41-65-55-21-33-61(34-22-55)69(62-35-23-56(24-36-62)66-42-52-14-6-10-46(52)2)59-29-17-49(18-30-59)50-19-31-60(32-20-50)70(63-37-25-57(26-38-63)67-43-53-15-7-11-47(53)3)64-39-27-58(28-40-64)68-44-54-16-8-12-48(54)4/h5-44H,1-4H2/b65-41+,66-42+,67-43+,68-44+. The number of allylic oxidation sites excluding steroid dienone is 20. The topological polar surface area (TPSA) is 55.9 Å². The van der Waals surface area contributed by atoms with Crippen molar-refractivity contribution >= 4 is 81.7 Å². The average molecular weight is 901 g/mol. The molecule has 0 heterocycles. The van der Waals surface area contributed by atoms with E-state index in [1.165, 1.54) is 0 Å². The highest BCUT2D eigenvalue weighted by molar-refractivity contribution is 5.92. The van der Waals surface area contributed by atoms with Gasteiger partial charge < -0.3 is 9.80 Å². The van der Waals surface area contributed by atoms with Gasteiger partial charge in [-0.05, 0) is 177 Å². The highest BCUT2D eigenvalue weighted by Gasteiger charge is 2.16. The highest BCUT2D eigenvalue weighted by atomic mass is 15.1. The maximum Gasteiger partial charge on any atom is 0.0631 e. The van der Waals surface area contributed by atoms with Gasteiger partial charge in [0.15, 0.2) is 0 Å². The maximum absolute atomic E-state index is 4.73. The third kappa shape index (κ3) is 10.1. The van der Waals surface area contributed by atoms with Gasteiger partial charge in [0.05, 0.1) is 22.7 Å². The smallest absolute Gasteiger partial charge is 0.0631 e. The molecule has 334 valence electrons. The Morgan fingerprint density at radius 3 is 0.657 bits per heavy atom. The van der Waals surface area contributed by atoms with Crippen molar-refractivity contribution in [2.24, 2.45) is 20.0 Å². The summed E-state index contributed by atoms with van der Waals surface area (Å²) in [5.74, 6) is 0. The van der Waals surface area contributed by atoms with Crippen LogP contribution < -0.4 is 9.80 Å². The Labute approximate surface area is 410 Å². The van der Waals surface area contributed by atoms with Crippen molar-refractivity contribution < 1.29 is 0 Å². The van der Waals surface area contributed by atoms with Gasteiger partial charge in [-0.2, -0.15) is 0 Å². The third-order valence-corrected chi connectivity index (χ3v) is 12.2. The molecule has 4 aliphatic rings. The van der Waals surface area contributed by atoms with E-state index in [-0.39, 0.29) is 0 Å². The Hall–Kier alpha value is -9.52. The van der Waals surface area contributed by atoms with Crippen LogP contribution in [0.3, 0.4) is 0 Å². The minimum atomic E-state index is 0.857. The predicted molar refractivity (Wildman–Crippen MR) is 299 cm³/mol. The molecule has 0 unspecified atom stereocenters. The van der Waals surface area contributed by atoms with Gasteiger partial charge in [-0.1, -0.05) is 123 Å². The molecular weight excluding hydrogens is 853 g/mol. The van der Waals surface area contributed by atoms with Crippen LogP contribution in [0, 0.1) is 0 Å². The van der Waals surface area contributed by atoms with Crippen molar-refractivity contribution in [1.29, 1.82) is 0 Å². The first kappa shape index (κ1) is 44.3. The SMILES string of the molecule is C=C1C=CC=C1/C=N/c1ccc(N(c2ccc(/N=C/C3=CC=CC3=C)cc2)c2ccc(-c3ccc(N(c4ccc(/N=C/C5=CC=CC5=C)cc4)c4ccc(/N=C/C5=CC=CC5=C)cc4)cc3)cc2)cc1. The molecule has 0 spiro atoms. The van der Waals surface area contributed by atoms with E-state index in [0.717, 1.165) is 113 Å². The second-order valence-electron chi connectivity index (χ2n) is 16.9. The summed E-state index contributed by atoms with van der Waals surface area (Å²) >= 11 is 0. The zero-order chi connectivity index (χ0) is 47.8. The predicted octanol–water partition coefficient (Wildman–Crippen LogP) is 17.3. The zero-order valence-electron chi connectivity index (χ0n) is 38.6. The molecule has 0 amide bonds. The summed E-state index contributed by atoms with van der Waals surface area (Å²) in [6, 6.07) is 50.5. The summed E-state index contributed by atoms with van der Waals surface area (Å²) in [6.45, 7) is 16.4. The summed E-state index contributed by atoms with van der Waals surface area (Å²) in [5, 5.41) is 0. The Morgan fingerprint density at radius 2 is 0.471 bits per heavy atom. The molecule has 0 aromatic heterocycles. The van der Waals surface area contributed by atoms with Crippen molar-refractivity contribution in [2.45, 2.75) is 0 Å². The van der Waals surface area contributed by atoms with E-state index >= 15 is 0 Å². The van der Waals surface area contributed by atoms with Gasteiger partial charge in [-0.3, -0.25) is 20.0 Å². The lowest BCUT2D eigenvalue weighted by Crippen LogP contribution is -2.10. The maximum atomic E-state index is 4.73. The van der Waals surface area contributed by atoms with Crippen molar-refractivity contribution in [2.75, 3.05) is 9.80 Å². The Bertz CT molecular complexity index is 2990. The fourth-order valence-electron chi connectivity index (χ4n) is 8.22. The van der Waals surface area contributed by atoms with E-state index in [2.05, 4.69) is 133 Å². The Balaban J connectivity index is 0.921. The number of hydrogen-bond donors (Lipinski definition) is 0. The van der Waals surface area contributed by atoms with Crippen LogP contribution in [0.1, 0.15) is 0 Å². The summed E-state index contributed by atoms with van der Waals surface area (Å²) in [5.41, 5.74) is 19.5. The van der Waals surface area contributed by atoms with Gasteiger partial charge in [0.1, 0.15) is 0 Å². The minimum Gasteiger partial charge on any atom is -0.311 e. The fourth-order valence-corrected chi connectivity index (χ4v) is 8.22. The molecule has 0 fully saturated rings. The first-order valence-electron chi connectivity index (χ1n) is 23.0. The molecule has 0 saturated carbocycles. The van der Waals surface area contributed by atoms with Crippen LogP contribution in [0.2, 0.25) is 0 Å². The number of rotatable bonds is 15. The van der Waals surface area contributed by atoms with E-state index in [1.54, 1.807) is 0 Å². The first-order valence-corrected chi connectivity index (χ1v) is 23.0. The van der Waals surface area contributed by atoms with Crippen LogP contribution in [0.25, 0.3) is 11.1 Å². The van der Waals surface area contributed by atoms with Gasteiger partial charge in [0.2, 0.25) is 0 Å². The van der Waals surface area contributed by atoms with Crippen LogP contribution in [0.15, 0.2) is 309 Å². The molecule has 0 atom stereocenters. The van der Waals surface area contributed by atoms with Crippen LogP contribution >= 0.6 is 0 Å². The molecule has 6 aromatic carbocycles. The van der Waals surface area contributed by atoms with Crippen molar-refractivity contribution in [3.63, 3.8) is 0 Å². The lowest BCUT2D eigenvalue weighted by molar-refractivity contribution is 1.27. The fraction of sp³-hybridized carbons (Fsp3) is 0. The minimum absolute atomic E-state index is 0.857. The van der Waals surface area contributed by atoms with Crippen LogP contribution in [-0.2, 0) is 0 Å². The normalized spacial score (nSPS) is 15.1. The number of hydrogen-bond acceptors (Lipinski definition) is 6. The van der Waals surface area contributed by atoms with Gasteiger partial charge in [-0.15, -0.1) is 0 Å². The van der Waals surface area contributed by atoms with E-state index < -0.39 is 0 Å². The van der Waals surface area contributed by atoms with E-state index in [0.29, 0.717) is 0 Å². The number of benzene rings is 6. The molecule has 6 heteroatoms. The number of aliphatic imine (C=N–C) groups is 4. The summed E-state index contributed by atoms with van der Waals surface area (Å²) < 4.78 is 0. The van der Waals surface area contributed by atoms with Gasteiger partial charge in [-0.25, -0.2) is 0 Å². The molecule has 0 saturated heterocycles. The van der Waals surface area contributed by atoms with E-state index in [4.69, 9.17) is 20.0 Å². The van der Waals surface area contributed by atoms with Gasteiger partial charge >= 0.3 is 0 Å². The zero-order valence-corrected chi connectivity index (χ0v) is 38.6. The Kier molecular flexibility index (Phi) is 12.8. The van der Waals surface area contributed by atoms with Gasteiger partial charge in [0, 0.05) is 59.0 Å². The van der Waals surface area contributed by atoms with Crippen molar-refractivity contribution in [3.05, 3.63) is 289 Å². The monoisotopic (exact) mass is 900 g/mol. The van der Waals surface area contributed by atoms with Gasteiger partial charge in [0.25, 0.3) is 0 Å². The lowest BCUT2D eigenvalue weighted by Gasteiger charge is -2.26. The lowest BCUT2D eigenvalue weighted by atomic mass is 10.0. The number of nitrogens with zero attached hydrogens (tertiary/aromatic N) is 6. The molecule has 0 N–H and O–H groups in total. The Morgan fingerprint density at radius 1 is 0.271 bits per heavy atom. The van der Waals surface area contributed by atoms with Crippen LogP contribution in [-0.4, -0.2) is 24.9 Å². The largest absolute Gasteiger partial charge is 0.311 e. The molecule has 10 rings (SSSR count). The molecule has 70 heavy (non-hydrogen) atoms. The second-order valence-corrected chi connectivity index (χ2v) is 16.9. The van der Waals surface area contributed by atoms with E-state index in [9.17, 15) is 0 Å². The number of anilines is 6. The second kappa shape index (κ2) is 20.1. The van der Waals surface area contributed by atoms with Crippen molar-refractivity contribution in [1.82, 2.24) is 0 Å². The van der Waals surface area contributed by atoms with E-state index in [1.807, 2.05) is 146 Å². The quantitative estimate of drug-likeness (QED) is 0.0964. The molecule has 4 aliphatic carbocycles.